The molecule has 0 unspecified atom stereocenters. The molecule has 1 aromatic heterocycles. The normalized spacial score (nSPS) is 13.6. The van der Waals surface area contributed by atoms with Crippen LogP contribution in [0.1, 0.15) is 18.4 Å². The van der Waals surface area contributed by atoms with E-state index in [-0.39, 0.29) is 17.6 Å². The number of anilines is 1. The molecule has 5 nitrogen and oxygen atoms in total. The Morgan fingerprint density at radius 2 is 1.96 bits per heavy atom. The number of para-hydroxylation sites is 1. The molecule has 0 saturated heterocycles. The second-order valence-electron chi connectivity index (χ2n) is 6.31. The summed E-state index contributed by atoms with van der Waals surface area (Å²) in [5.74, 6) is -0.0650. The number of benzene rings is 2. The summed E-state index contributed by atoms with van der Waals surface area (Å²) < 4.78 is 15.4. The van der Waals surface area contributed by atoms with E-state index < -0.39 is 0 Å². The maximum absolute atomic E-state index is 13.1. The summed E-state index contributed by atoms with van der Waals surface area (Å²) in [4.78, 5) is 17.5. The lowest BCUT2D eigenvalue weighted by atomic mass is 10.2. The molecule has 1 N–H and O–H groups in total. The van der Waals surface area contributed by atoms with E-state index >= 15 is 0 Å². The topological polar surface area (TPSA) is 59.8 Å². The number of hydrogen-bond acceptors (Lipinski definition) is 4. The van der Waals surface area contributed by atoms with Crippen molar-refractivity contribution in [1.82, 2.24) is 14.8 Å². The Labute approximate surface area is 168 Å². The van der Waals surface area contributed by atoms with Crippen molar-refractivity contribution < 1.29 is 9.18 Å². The minimum absolute atomic E-state index is 0.0667. The molecule has 0 radical (unpaired) electrons. The van der Waals surface area contributed by atoms with Crippen molar-refractivity contribution >= 4 is 39.3 Å². The number of nitrogens with one attached hydrogen (secondary N) is 1. The van der Waals surface area contributed by atoms with Crippen LogP contribution in [0.4, 0.5) is 10.1 Å². The van der Waals surface area contributed by atoms with Gasteiger partial charge in [0.15, 0.2) is 5.16 Å². The smallest absolute Gasteiger partial charge is 0.227 e. The lowest BCUT2D eigenvalue weighted by molar-refractivity contribution is -0.117. The van der Waals surface area contributed by atoms with Crippen LogP contribution in [0, 0.1) is 11.7 Å². The Hall–Kier alpha value is -2.19. The average Bonchev–Trinajstić information content (AvgIpc) is 3.44. The van der Waals surface area contributed by atoms with Crippen molar-refractivity contribution in [2.75, 3.05) is 5.32 Å². The van der Waals surface area contributed by atoms with Crippen LogP contribution >= 0.6 is 27.7 Å². The van der Waals surface area contributed by atoms with E-state index in [2.05, 4.69) is 31.3 Å². The van der Waals surface area contributed by atoms with Gasteiger partial charge in [0.2, 0.25) is 10.6 Å². The third kappa shape index (κ3) is 4.56. The van der Waals surface area contributed by atoms with Crippen LogP contribution in [0.5, 0.6) is 0 Å². The van der Waals surface area contributed by atoms with Crippen LogP contribution in [0.15, 0.2) is 63.3 Å². The number of nitrogens with zero attached hydrogens (tertiary/aromatic N) is 3. The highest BCUT2D eigenvalue weighted by Crippen LogP contribution is 2.35. The van der Waals surface area contributed by atoms with Crippen molar-refractivity contribution in [1.29, 1.82) is 0 Å². The van der Waals surface area contributed by atoms with E-state index in [9.17, 15) is 9.18 Å². The van der Waals surface area contributed by atoms with Crippen molar-refractivity contribution in [3.05, 3.63) is 64.6 Å². The molecule has 4 rings (SSSR count). The lowest BCUT2D eigenvalue weighted by Gasteiger charge is -2.11. The average molecular weight is 447 g/mol. The summed E-state index contributed by atoms with van der Waals surface area (Å²) in [6, 6.07) is 14.0. The fourth-order valence-corrected chi connectivity index (χ4v) is 3.97. The Morgan fingerprint density at radius 1 is 1.22 bits per heavy atom. The zero-order chi connectivity index (χ0) is 18.8. The molecule has 1 heterocycles. The number of aromatic nitrogens is 3. The minimum Gasteiger partial charge on any atom is -0.325 e. The van der Waals surface area contributed by atoms with Gasteiger partial charge >= 0.3 is 0 Å². The molecule has 8 heteroatoms. The number of halogens is 2. The van der Waals surface area contributed by atoms with Gasteiger partial charge in [-0.15, -0.1) is 5.10 Å². The minimum atomic E-state index is -0.270. The fourth-order valence-electron chi connectivity index (χ4n) is 2.58. The molecule has 0 spiro atoms. The van der Waals surface area contributed by atoms with E-state index in [1.165, 1.54) is 23.9 Å². The van der Waals surface area contributed by atoms with E-state index in [1.54, 1.807) is 16.8 Å². The standard InChI is InChI=1S/C19H16BrFN4OS/c20-18-23-19(25(24-18)11-12-5-9-14(21)10-6-12)27-16-4-2-1-3-15(16)22-17(26)13-7-8-13/h1-6,9-10,13H,7-8,11H2,(H,22,26). The van der Waals surface area contributed by atoms with Crippen molar-refractivity contribution in [2.45, 2.75) is 29.4 Å². The van der Waals surface area contributed by atoms with Gasteiger partial charge in [-0.2, -0.15) is 4.98 Å². The third-order valence-corrected chi connectivity index (χ3v) is 5.55. The Kier molecular flexibility index (Phi) is 5.27. The van der Waals surface area contributed by atoms with E-state index in [0.29, 0.717) is 16.4 Å². The highest BCUT2D eigenvalue weighted by Gasteiger charge is 2.30. The molecule has 138 valence electrons. The number of carbonyl (C=O) groups excluding carboxylic acids is 1. The monoisotopic (exact) mass is 446 g/mol. The van der Waals surface area contributed by atoms with Crippen LogP contribution < -0.4 is 5.32 Å². The maximum atomic E-state index is 13.1. The molecule has 1 saturated carbocycles. The summed E-state index contributed by atoms with van der Waals surface area (Å²) in [5.41, 5.74) is 1.69. The number of amides is 1. The molecule has 1 aliphatic rings. The second-order valence-corrected chi connectivity index (χ2v) is 8.03. The molecule has 3 aromatic rings. The van der Waals surface area contributed by atoms with Crippen LogP contribution in [0.2, 0.25) is 0 Å². The number of carbonyl (C=O) groups is 1. The van der Waals surface area contributed by atoms with Crippen LogP contribution in [-0.4, -0.2) is 20.7 Å². The first-order chi connectivity index (χ1) is 13.1. The molecule has 2 aromatic carbocycles. The molecule has 0 atom stereocenters. The molecular formula is C19H16BrFN4OS. The molecule has 0 bridgehead atoms. The fraction of sp³-hybridized carbons (Fsp3) is 0.211. The zero-order valence-electron chi connectivity index (χ0n) is 14.2. The van der Waals surface area contributed by atoms with Crippen LogP contribution in [0.25, 0.3) is 0 Å². The number of hydrogen-bond donors (Lipinski definition) is 1. The zero-order valence-corrected chi connectivity index (χ0v) is 16.6. The molecule has 0 aliphatic heterocycles. The summed E-state index contributed by atoms with van der Waals surface area (Å²) in [7, 11) is 0. The predicted molar refractivity (Wildman–Crippen MR) is 105 cm³/mol. The second kappa shape index (κ2) is 7.82. The van der Waals surface area contributed by atoms with Crippen molar-refractivity contribution in [3.8, 4) is 0 Å². The molecule has 1 amide bonds. The van der Waals surface area contributed by atoms with Crippen molar-refractivity contribution in [2.24, 2.45) is 5.92 Å². The molecular weight excluding hydrogens is 431 g/mol. The van der Waals surface area contributed by atoms with E-state index in [1.807, 2.05) is 24.3 Å². The van der Waals surface area contributed by atoms with Crippen molar-refractivity contribution in [3.63, 3.8) is 0 Å². The molecule has 1 aliphatic carbocycles. The molecule has 27 heavy (non-hydrogen) atoms. The summed E-state index contributed by atoms with van der Waals surface area (Å²) in [6.45, 7) is 0.470. The van der Waals surface area contributed by atoms with Gasteiger partial charge in [-0.05, 0) is 70.4 Å². The van der Waals surface area contributed by atoms with Gasteiger partial charge in [-0.25, -0.2) is 9.07 Å². The van der Waals surface area contributed by atoms with E-state index in [4.69, 9.17) is 0 Å². The predicted octanol–water partition coefficient (Wildman–Crippen LogP) is 4.73. The Morgan fingerprint density at radius 3 is 2.70 bits per heavy atom. The Balaban J connectivity index is 1.56. The van der Waals surface area contributed by atoms with Gasteiger partial charge in [0.25, 0.3) is 0 Å². The summed E-state index contributed by atoms with van der Waals surface area (Å²) >= 11 is 4.75. The third-order valence-electron chi connectivity index (χ3n) is 4.15. The first-order valence-electron chi connectivity index (χ1n) is 8.51. The largest absolute Gasteiger partial charge is 0.325 e. The SMILES string of the molecule is O=C(Nc1ccccc1Sc1nc(Br)nn1Cc1ccc(F)cc1)C1CC1. The van der Waals surface area contributed by atoms with E-state index in [0.717, 1.165) is 29.0 Å². The van der Waals surface area contributed by atoms with Crippen LogP contribution in [-0.2, 0) is 11.3 Å². The van der Waals surface area contributed by atoms with Gasteiger partial charge in [-0.1, -0.05) is 24.3 Å². The van der Waals surface area contributed by atoms with Gasteiger partial charge in [-0.3, -0.25) is 4.79 Å². The first kappa shape index (κ1) is 18.2. The first-order valence-corrected chi connectivity index (χ1v) is 10.1. The number of rotatable bonds is 6. The quantitative estimate of drug-likeness (QED) is 0.594. The van der Waals surface area contributed by atoms with Gasteiger partial charge < -0.3 is 5.32 Å². The highest BCUT2D eigenvalue weighted by atomic mass is 79.9. The summed E-state index contributed by atoms with van der Waals surface area (Å²) in [6.07, 6.45) is 1.92. The van der Waals surface area contributed by atoms with Gasteiger partial charge in [0.05, 0.1) is 12.2 Å². The lowest BCUT2D eigenvalue weighted by Crippen LogP contribution is -2.13. The van der Waals surface area contributed by atoms with Gasteiger partial charge in [0, 0.05) is 10.8 Å². The van der Waals surface area contributed by atoms with Gasteiger partial charge in [0.1, 0.15) is 5.82 Å². The molecule has 1 fully saturated rings. The summed E-state index contributed by atoms with van der Waals surface area (Å²) in [5, 5.41) is 8.06. The highest BCUT2D eigenvalue weighted by molar-refractivity contribution is 9.10. The van der Waals surface area contributed by atoms with Crippen LogP contribution in [0.3, 0.4) is 0 Å². The Bertz CT molecular complexity index is 972. The maximum Gasteiger partial charge on any atom is 0.227 e.